The molecule has 0 heterocycles. The van der Waals surface area contributed by atoms with Crippen LogP contribution in [0, 0.1) is 20.2 Å². The Balaban J connectivity index is 2.65. The van der Waals surface area contributed by atoms with Crippen LogP contribution in [0.25, 0.3) is 0 Å². The van der Waals surface area contributed by atoms with Crippen LogP contribution in [0.2, 0.25) is 0 Å². The standard InChI is InChI=1S/C14H10N2O6/c1-22-14-11(15(18)19)7-10(8-12(14)16(20)21)13(17)9-5-3-2-4-6-9/h2-8H,1H3. The van der Waals surface area contributed by atoms with Gasteiger partial charge in [-0.15, -0.1) is 0 Å². The maximum atomic E-state index is 12.3. The predicted molar refractivity (Wildman–Crippen MR) is 76.2 cm³/mol. The predicted octanol–water partition coefficient (Wildman–Crippen LogP) is 2.74. The van der Waals surface area contributed by atoms with Crippen molar-refractivity contribution in [1.29, 1.82) is 0 Å². The van der Waals surface area contributed by atoms with Gasteiger partial charge in [-0.05, 0) is 0 Å². The van der Waals surface area contributed by atoms with Crippen molar-refractivity contribution in [2.24, 2.45) is 0 Å². The maximum absolute atomic E-state index is 12.3. The molecule has 8 heteroatoms. The number of nitrogens with zero attached hydrogens (tertiary/aromatic N) is 2. The van der Waals surface area contributed by atoms with Gasteiger partial charge in [0, 0.05) is 23.3 Å². The number of benzene rings is 2. The van der Waals surface area contributed by atoms with Gasteiger partial charge < -0.3 is 4.74 Å². The molecule has 0 atom stereocenters. The number of nitro groups is 2. The van der Waals surface area contributed by atoms with E-state index in [2.05, 4.69) is 0 Å². The summed E-state index contributed by atoms with van der Waals surface area (Å²) in [6.07, 6.45) is 0. The molecule has 22 heavy (non-hydrogen) atoms. The molecule has 0 aliphatic carbocycles. The van der Waals surface area contributed by atoms with Gasteiger partial charge in [0.25, 0.3) is 5.75 Å². The molecule has 0 fully saturated rings. The number of carbonyl (C=O) groups excluding carboxylic acids is 1. The number of carbonyl (C=O) groups is 1. The van der Waals surface area contributed by atoms with Gasteiger partial charge in [0.15, 0.2) is 5.78 Å². The topological polar surface area (TPSA) is 113 Å². The summed E-state index contributed by atoms with van der Waals surface area (Å²) in [6, 6.07) is 9.94. The largest absolute Gasteiger partial charge is 0.485 e. The molecule has 0 aliphatic rings. The summed E-state index contributed by atoms with van der Waals surface area (Å²) < 4.78 is 4.74. The number of hydrogen-bond acceptors (Lipinski definition) is 6. The summed E-state index contributed by atoms with van der Waals surface area (Å²) in [5.74, 6) is -1.03. The molecule has 0 saturated heterocycles. The molecule has 2 rings (SSSR count). The first-order chi connectivity index (χ1) is 10.5. The molecule has 112 valence electrons. The molecule has 8 nitrogen and oxygen atoms in total. The van der Waals surface area contributed by atoms with Gasteiger partial charge in [-0.25, -0.2) is 0 Å². The molecule has 2 aromatic rings. The molecular formula is C14H10N2O6. The maximum Gasteiger partial charge on any atom is 0.319 e. The van der Waals surface area contributed by atoms with E-state index in [9.17, 15) is 25.0 Å². The Hall–Kier alpha value is -3.29. The number of rotatable bonds is 5. The molecule has 0 aromatic heterocycles. The van der Waals surface area contributed by atoms with Crippen LogP contribution >= 0.6 is 0 Å². The van der Waals surface area contributed by atoms with Crippen LogP contribution in [0.1, 0.15) is 15.9 Å². The summed E-state index contributed by atoms with van der Waals surface area (Å²) in [5, 5.41) is 22.1. The normalized spacial score (nSPS) is 10.0. The lowest BCUT2D eigenvalue weighted by atomic mass is 10.0. The van der Waals surface area contributed by atoms with E-state index in [-0.39, 0.29) is 11.1 Å². The van der Waals surface area contributed by atoms with E-state index < -0.39 is 32.8 Å². The molecule has 0 radical (unpaired) electrons. The second kappa shape index (κ2) is 6.00. The number of hydrogen-bond donors (Lipinski definition) is 0. The first-order valence-corrected chi connectivity index (χ1v) is 6.06. The van der Waals surface area contributed by atoms with Crippen molar-refractivity contribution in [2.45, 2.75) is 0 Å². The minimum absolute atomic E-state index is 0.148. The summed E-state index contributed by atoms with van der Waals surface area (Å²) in [5.41, 5.74) is -1.13. The minimum Gasteiger partial charge on any atom is -0.485 e. The lowest BCUT2D eigenvalue weighted by Gasteiger charge is -2.06. The second-order valence-electron chi connectivity index (χ2n) is 4.26. The van der Waals surface area contributed by atoms with E-state index in [0.29, 0.717) is 0 Å². The molecule has 0 amide bonds. The van der Waals surface area contributed by atoms with Gasteiger partial charge in [-0.1, -0.05) is 30.3 Å². The quantitative estimate of drug-likeness (QED) is 0.476. The number of ether oxygens (including phenoxy) is 1. The molecule has 0 bridgehead atoms. The molecule has 0 spiro atoms. The zero-order valence-corrected chi connectivity index (χ0v) is 11.4. The minimum atomic E-state index is -0.826. The van der Waals surface area contributed by atoms with Crippen molar-refractivity contribution in [3.05, 3.63) is 73.8 Å². The van der Waals surface area contributed by atoms with Crippen LogP contribution in [0.5, 0.6) is 5.75 Å². The lowest BCUT2D eigenvalue weighted by Crippen LogP contribution is -2.05. The molecule has 0 aliphatic heterocycles. The Morgan fingerprint density at radius 3 is 1.86 bits per heavy atom. The Bertz CT molecular complexity index is 722. The summed E-state index contributed by atoms with van der Waals surface area (Å²) in [7, 11) is 1.09. The van der Waals surface area contributed by atoms with Crippen LogP contribution in [-0.2, 0) is 0 Å². The number of methoxy groups -OCH3 is 1. The average molecular weight is 302 g/mol. The summed E-state index contributed by atoms with van der Waals surface area (Å²) in [6.45, 7) is 0. The third-order valence-corrected chi connectivity index (χ3v) is 2.95. The number of ketones is 1. The van der Waals surface area contributed by atoms with E-state index >= 15 is 0 Å². The van der Waals surface area contributed by atoms with Gasteiger partial charge >= 0.3 is 11.4 Å². The van der Waals surface area contributed by atoms with Crippen LogP contribution in [-0.4, -0.2) is 22.7 Å². The Morgan fingerprint density at radius 2 is 1.45 bits per heavy atom. The fourth-order valence-corrected chi connectivity index (χ4v) is 1.97. The van der Waals surface area contributed by atoms with Crippen molar-refractivity contribution < 1.29 is 19.4 Å². The summed E-state index contributed by atoms with van der Waals surface area (Å²) >= 11 is 0. The molecule has 0 unspecified atom stereocenters. The Morgan fingerprint density at radius 1 is 0.955 bits per heavy atom. The zero-order valence-electron chi connectivity index (χ0n) is 11.4. The molecule has 2 aromatic carbocycles. The highest BCUT2D eigenvalue weighted by Gasteiger charge is 2.29. The van der Waals surface area contributed by atoms with Gasteiger partial charge in [0.2, 0.25) is 0 Å². The second-order valence-corrected chi connectivity index (χ2v) is 4.26. The van der Waals surface area contributed by atoms with Crippen molar-refractivity contribution in [1.82, 2.24) is 0 Å². The first-order valence-electron chi connectivity index (χ1n) is 6.06. The lowest BCUT2D eigenvalue weighted by molar-refractivity contribution is -0.395. The molecule has 0 N–H and O–H groups in total. The van der Waals surface area contributed by atoms with Crippen LogP contribution < -0.4 is 4.74 Å². The third-order valence-electron chi connectivity index (χ3n) is 2.95. The van der Waals surface area contributed by atoms with E-state index in [0.717, 1.165) is 19.2 Å². The van der Waals surface area contributed by atoms with E-state index in [1.54, 1.807) is 18.2 Å². The van der Waals surface area contributed by atoms with Gasteiger partial charge in [0.1, 0.15) is 0 Å². The highest BCUT2D eigenvalue weighted by molar-refractivity contribution is 6.10. The van der Waals surface area contributed by atoms with Gasteiger partial charge in [-0.2, -0.15) is 0 Å². The molecule has 0 saturated carbocycles. The SMILES string of the molecule is COc1c([N+](=O)[O-])cc(C(=O)c2ccccc2)cc1[N+](=O)[O-]. The monoisotopic (exact) mass is 302 g/mol. The summed E-state index contributed by atoms with van der Waals surface area (Å²) in [4.78, 5) is 32.8. The highest BCUT2D eigenvalue weighted by atomic mass is 16.6. The van der Waals surface area contributed by atoms with Crippen molar-refractivity contribution in [3.63, 3.8) is 0 Å². The number of nitro benzene ring substituents is 2. The highest BCUT2D eigenvalue weighted by Crippen LogP contribution is 2.38. The van der Waals surface area contributed by atoms with E-state index in [1.807, 2.05) is 0 Å². The van der Waals surface area contributed by atoms with Crippen molar-refractivity contribution in [2.75, 3.05) is 7.11 Å². The van der Waals surface area contributed by atoms with Crippen molar-refractivity contribution in [3.8, 4) is 5.75 Å². The van der Waals surface area contributed by atoms with E-state index in [4.69, 9.17) is 4.74 Å². The fraction of sp³-hybridized carbons (Fsp3) is 0.0714. The third kappa shape index (κ3) is 2.75. The van der Waals surface area contributed by atoms with Crippen molar-refractivity contribution >= 4 is 17.2 Å². The molecular weight excluding hydrogens is 292 g/mol. The Kier molecular flexibility index (Phi) is 4.12. The van der Waals surface area contributed by atoms with Gasteiger partial charge in [-0.3, -0.25) is 25.0 Å². The smallest absolute Gasteiger partial charge is 0.319 e. The van der Waals surface area contributed by atoms with Crippen LogP contribution in [0.3, 0.4) is 0 Å². The van der Waals surface area contributed by atoms with E-state index in [1.165, 1.54) is 12.1 Å². The van der Waals surface area contributed by atoms with Crippen LogP contribution in [0.15, 0.2) is 42.5 Å². The first kappa shape index (κ1) is 15.1. The average Bonchev–Trinajstić information content (AvgIpc) is 2.53. The fourth-order valence-electron chi connectivity index (χ4n) is 1.97. The Labute approximate surface area is 124 Å². The zero-order chi connectivity index (χ0) is 16.3. The van der Waals surface area contributed by atoms with Gasteiger partial charge in [0.05, 0.1) is 17.0 Å². The van der Waals surface area contributed by atoms with Crippen LogP contribution in [0.4, 0.5) is 11.4 Å².